The molecule has 1 fully saturated rings. The molecule has 0 unspecified atom stereocenters. The third-order valence-corrected chi connectivity index (χ3v) is 6.82. The van der Waals surface area contributed by atoms with Gasteiger partial charge < -0.3 is 20.1 Å². The summed E-state index contributed by atoms with van der Waals surface area (Å²) in [6, 6.07) is 13.1. The zero-order chi connectivity index (χ0) is 26.5. The quantitative estimate of drug-likeness (QED) is 0.309. The van der Waals surface area contributed by atoms with E-state index >= 15 is 0 Å². The van der Waals surface area contributed by atoms with Crippen LogP contribution in [0.1, 0.15) is 40.5 Å². The summed E-state index contributed by atoms with van der Waals surface area (Å²) in [5.74, 6) is -1.41. The van der Waals surface area contributed by atoms with Crippen molar-refractivity contribution < 1.29 is 28.7 Å². The molecule has 4 rings (SSSR count). The van der Waals surface area contributed by atoms with Crippen molar-refractivity contribution in [1.29, 1.82) is 0 Å². The van der Waals surface area contributed by atoms with Gasteiger partial charge in [-0.25, -0.2) is 14.7 Å². The lowest BCUT2D eigenvalue weighted by Gasteiger charge is -2.29. The number of nitrogens with zero attached hydrogens (tertiary/aromatic N) is 2. The lowest BCUT2D eigenvalue weighted by atomic mass is 9.91. The molecule has 1 saturated heterocycles. The standard InChI is InChI=1S/C26H26N4O6S/c1-15(16-7-5-4-6-8-16)22(23(32)29-25-27-19(14-37-25)20(31)13-35-2)30-24(33)21(28-26(30)34)17-9-11-18(36-3)12-10-17/h4-12,14-15,21-22H,13H2,1-3H3,(H,28,34)(H,27,29,32)/t15-,21+,22-/m0/s1. The van der Waals surface area contributed by atoms with Gasteiger partial charge in [0.2, 0.25) is 11.7 Å². The van der Waals surface area contributed by atoms with Gasteiger partial charge in [0.1, 0.15) is 30.1 Å². The maximum atomic E-state index is 13.6. The monoisotopic (exact) mass is 522 g/mol. The number of Topliss-reactive ketones (excluding diaryl/α,β-unsaturated/α-hetero) is 1. The number of carbonyl (C=O) groups is 4. The van der Waals surface area contributed by atoms with Crippen LogP contribution in [0.25, 0.3) is 0 Å². The Bertz CT molecular complexity index is 1290. The number of hydrogen-bond donors (Lipinski definition) is 2. The summed E-state index contributed by atoms with van der Waals surface area (Å²) in [6.45, 7) is 1.64. The summed E-state index contributed by atoms with van der Waals surface area (Å²) in [6.07, 6.45) is 0. The first kappa shape index (κ1) is 26.0. The first-order valence-electron chi connectivity index (χ1n) is 11.4. The number of methoxy groups -OCH3 is 2. The van der Waals surface area contributed by atoms with Crippen molar-refractivity contribution in [1.82, 2.24) is 15.2 Å². The van der Waals surface area contributed by atoms with E-state index in [0.29, 0.717) is 11.3 Å². The molecule has 0 radical (unpaired) electrons. The third-order valence-electron chi connectivity index (χ3n) is 6.06. The molecular formula is C26H26N4O6S. The third kappa shape index (κ3) is 5.52. The highest BCUT2D eigenvalue weighted by atomic mass is 32.1. The highest BCUT2D eigenvalue weighted by molar-refractivity contribution is 7.14. The van der Waals surface area contributed by atoms with E-state index in [2.05, 4.69) is 15.6 Å². The molecule has 10 nitrogen and oxygen atoms in total. The Hall–Kier alpha value is -4.09. The molecule has 11 heteroatoms. The van der Waals surface area contributed by atoms with E-state index in [0.717, 1.165) is 21.8 Å². The Kier molecular flexibility index (Phi) is 7.95. The Labute approximate surface area is 217 Å². The maximum absolute atomic E-state index is 13.6. The van der Waals surface area contributed by atoms with Crippen molar-refractivity contribution in [2.24, 2.45) is 0 Å². The Balaban J connectivity index is 1.63. The fourth-order valence-corrected chi connectivity index (χ4v) is 4.85. The lowest BCUT2D eigenvalue weighted by Crippen LogP contribution is -2.50. The van der Waals surface area contributed by atoms with Crippen molar-refractivity contribution in [2.45, 2.75) is 24.9 Å². The van der Waals surface area contributed by atoms with Crippen LogP contribution in [0.3, 0.4) is 0 Å². The Morgan fingerprint density at radius 3 is 2.46 bits per heavy atom. The van der Waals surface area contributed by atoms with Gasteiger partial charge in [-0.3, -0.25) is 14.4 Å². The summed E-state index contributed by atoms with van der Waals surface area (Å²) in [4.78, 5) is 57.4. The van der Waals surface area contributed by atoms with Gasteiger partial charge in [-0.15, -0.1) is 11.3 Å². The average Bonchev–Trinajstić information content (AvgIpc) is 3.49. The second-order valence-corrected chi connectivity index (χ2v) is 9.25. The van der Waals surface area contributed by atoms with Crippen LogP contribution in [0.5, 0.6) is 5.75 Å². The van der Waals surface area contributed by atoms with Crippen molar-refractivity contribution in [3.8, 4) is 5.75 Å². The summed E-state index contributed by atoms with van der Waals surface area (Å²) in [7, 11) is 2.94. The number of hydrogen-bond acceptors (Lipinski definition) is 8. The number of amides is 4. The number of ether oxygens (including phenoxy) is 2. The van der Waals surface area contributed by atoms with Crippen LogP contribution in [0, 0.1) is 0 Å². The molecule has 0 aliphatic carbocycles. The molecule has 2 heterocycles. The van der Waals surface area contributed by atoms with E-state index in [1.807, 2.05) is 30.3 Å². The highest BCUT2D eigenvalue weighted by Gasteiger charge is 2.47. The molecule has 3 aromatic rings. The van der Waals surface area contributed by atoms with E-state index in [1.54, 1.807) is 31.2 Å². The predicted molar refractivity (Wildman–Crippen MR) is 137 cm³/mol. The van der Waals surface area contributed by atoms with E-state index in [9.17, 15) is 19.2 Å². The first-order chi connectivity index (χ1) is 17.8. The summed E-state index contributed by atoms with van der Waals surface area (Å²) < 4.78 is 10.0. The normalized spacial score (nSPS) is 16.7. The van der Waals surface area contributed by atoms with Crippen LogP contribution in [-0.2, 0) is 14.3 Å². The molecule has 0 bridgehead atoms. The second-order valence-electron chi connectivity index (χ2n) is 8.39. The molecule has 1 aliphatic rings. The van der Waals surface area contributed by atoms with Gasteiger partial charge in [0.25, 0.3) is 5.91 Å². The van der Waals surface area contributed by atoms with Gasteiger partial charge in [-0.1, -0.05) is 49.4 Å². The van der Waals surface area contributed by atoms with Crippen LogP contribution in [-0.4, -0.2) is 60.4 Å². The van der Waals surface area contributed by atoms with Gasteiger partial charge >= 0.3 is 6.03 Å². The number of urea groups is 1. The van der Waals surface area contributed by atoms with Gasteiger partial charge in [0.05, 0.1) is 7.11 Å². The highest BCUT2D eigenvalue weighted by Crippen LogP contribution is 2.31. The maximum Gasteiger partial charge on any atom is 0.325 e. The van der Waals surface area contributed by atoms with Crippen molar-refractivity contribution in [3.63, 3.8) is 0 Å². The Morgan fingerprint density at radius 2 is 1.81 bits per heavy atom. The SMILES string of the molecule is COCC(=O)c1csc(NC(=O)[C@H]([C@@H](C)c2ccccc2)N2C(=O)N[C@H](c3ccc(OC)cc3)C2=O)n1. The number of imide groups is 1. The molecule has 2 N–H and O–H groups in total. The molecule has 0 spiro atoms. The predicted octanol–water partition coefficient (Wildman–Crippen LogP) is 3.38. The molecule has 1 aliphatic heterocycles. The van der Waals surface area contributed by atoms with Crippen LogP contribution < -0.4 is 15.4 Å². The first-order valence-corrected chi connectivity index (χ1v) is 12.3. The number of carbonyl (C=O) groups excluding carboxylic acids is 4. The number of benzene rings is 2. The lowest BCUT2D eigenvalue weighted by molar-refractivity contribution is -0.134. The summed E-state index contributed by atoms with van der Waals surface area (Å²) >= 11 is 1.07. The largest absolute Gasteiger partial charge is 0.497 e. The summed E-state index contributed by atoms with van der Waals surface area (Å²) in [5, 5.41) is 7.06. The number of rotatable bonds is 10. The molecule has 4 amide bonds. The van der Waals surface area contributed by atoms with Crippen molar-refractivity contribution in [2.75, 3.05) is 26.1 Å². The van der Waals surface area contributed by atoms with Crippen LogP contribution in [0.15, 0.2) is 60.0 Å². The minimum Gasteiger partial charge on any atom is -0.497 e. The molecule has 3 atom stereocenters. The number of anilines is 1. The van der Waals surface area contributed by atoms with Gasteiger partial charge in [-0.2, -0.15) is 0 Å². The van der Waals surface area contributed by atoms with Crippen molar-refractivity contribution in [3.05, 3.63) is 76.8 Å². The topological polar surface area (TPSA) is 127 Å². The van der Waals surface area contributed by atoms with Gasteiger partial charge in [0.15, 0.2) is 5.13 Å². The fourth-order valence-electron chi connectivity index (χ4n) is 4.13. The van der Waals surface area contributed by atoms with Crippen LogP contribution in [0.4, 0.5) is 9.93 Å². The molecule has 192 valence electrons. The van der Waals surface area contributed by atoms with Gasteiger partial charge in [-0.05, 0) is 23.3 Å². The van der Waals surface area contributed by atoms with Crippen LogP contribution in [0.2, 0.25) is 0 Å². The van der Waals surface area contributed by atoms with Gasteiger partial charge in [0, 0.05) is 18.4 Å². The zero-order valence-corrected chi connectivity index (χ0v) is 21.3. The van der Waals surface area contributed by atoms with E-state index in [1.165, 1.54) is 19.6 Å². The van der Waals surface area contributed by atoms with E-state index in [4.69, 9.17) is 9.47 Å². The molecule has 2 aromatic carbocycles. The average molecular weight is 523 g/mol. The molecule has 37 heavy (non-hydrogen) atoms. The van der Waals surface area contributed by atoms with Crippen molar-refractivity contribution >= 4 is 40.1 Å². The number of aromatic nitrogens is 1. The number of ketones is 1. The van der Waals surface area contributed by atoms with Crippen LogP contribution >= 0.6 is 11.3 Å². The second kappa shape index (κ2) is 11.3. The minimum absolute atomic E-state index is 0.139. The van der Waals surface area contributed by atoms with E-state index < -0.39 is 35.8 Å². The fraction of sp³-hybridized carbons (Fsp3) is 0.269. The minimum atomic E-state index is -1.18. The molecule has 1 aromatic heterocycles. The molecular weight excluding hydrogens is 496 g/mol. The number of nitrogens with one attached hydrogen (secondary N) is 2. The number of thiazole rings is 1. The van der Waals surface area contributed by atoms with E-state index in [-0.39, 0.29) is 23.2 Å². The zero-order valence-electron chi connectivity index (χ0n) is 20.5. The smallest absolute Gasteiger partial charge is 0.325 e. The Morgan fingerprint density at radius 1 is 1.11 bits per heavy atom. The molecule has 0 saturated carbocycles. The summed E-state index contributed by atoms with van der Waals surface area (Å²) in [5.41, 5.74) is 1.49.